The predicted octanol–water partition coefficient (Wildman–Crippen LogP) is 0.684. The minimum Gasteiger partial charge on any atom is -0.462 e. The molecular weight excluding hydrogens is 158 g/mol. The lowest BCUT2D eigenvalue weighted by molar-refractivity contribution is 0.0523. The first-order valence-corrected chi connectivity index (χ1v) is 3.73. The summed E-state index contributed by atoms with van der Waals surface area (Å²) in [5.41, 5.74) is 0.896. The van der Waals surface area contributed by atoms with E-state index in [0.29, 0.717) is 17.9 Å². The van der Waals surface area contributed by atoms with Crippen LogP contribution in [-0.4, -0.2) is 22.7 Å². The molecule has 0 aliphatic heterocycles. The van der Waals surface area contributed by atoms with Gasteiger partial charge in [-0.15, -0.1) is 0 Å². The molecule has 0 aliphatic carbocycles. The number of rotatable bonds is 3. The SMILES string of the molecule is CCOC(=O)c1cc[nH]c1CO. The molecule has 0 bridgehead atoms. The van der Waals surface area contributed by atoms with Crippen molar-refractivity contribution in [3.05, 3.63) is 23.5 Å². The standard InChI is InChI=1S/C8H11NO3/c1-2-12-8(11)6-3-4-9-7(6)5-10/h3-4,9-10H,2,5H2,1H3. The highest BCUT2D eigenvalue weighted by atomic mass is 16.5. The predicted molar refractivity (Wildman–Crippen MR) is 42.7 cm³/mol. The summed E-state index contributed by atoms with van der Waals surface area (Å²) in [5, 5.41) is 8.79. The van der Waals surface area contributed by atoms with Crippen LogP contribution in [-0.2, 0) is 11.3 Å². The van der Waals surface area contributed by atoms with Crippen molar-refractivity contribution in [2.45, 2.75) is 13.5 Å². The second kappa shape index (κ2) is 3.92. The highest BCUT2D eigenvalue weighted by molar-refractivity contribution is 5.90. The van der Waals surface area contributed by atoms with Crippen LogP contribution in [0.2, 0.25) is 0 Å². The summed E-state index contributed by atoms with van der Waals surface area (Å²) in [6.07, 6.45) is 1.60. The van der Waals surface area contributed by atoms with Crippen molar-refractivity contribution in [2.75, 3.05) is 6.61 Å². The van der Waals surface area contributed by atoms with Crippen LogP contribution in [0.1, 0.15) is 23.0 Å². The molecule has 1 rings (SSSR count). The van der Waals surface area contributed by atoms with Gasteiger partial charge in [0.25, 0.3) is 0 Å². The van der Waals surface area contributed by atoms with Gasteiger partial charge in [-0.05, 0) is 13.0 Å². The number of aliphatic hydroxyl groups is 1. The second-order valence-electron chi connectivity index (χ2n) is 2.25. The molecule has 2 N–H and O–H groups in total. The van der Waals surface area contributed by atoms with Gasteiger partial charge < -0.3 is 14.8 Å². The summed E-state index contributed by atoms with van der Waals surface area (Å²) in [5.74, 6) is -0.400. The van der Waals surface area contributed by atoms with Crippen LogP contribution >= 0.6 is 0 Å². The highest BCUT2D eigenvalue weighted by Crippen LogP contribution is 2.07. The highest BCUT2D eigenvalue weighted by Gasteiger charge is 2.11. The summed E-state index contributed by atoms with van der Waals surface area (Å²) < 4.78 is 4.76. The van der Waals surface area contributed by atoms with Crippen LogP contribution in [0.15, 0.2) is 12.3 Å². The number of aliphatic hydroxyl groups excluding tert-OH is 1. The summed E-state index contributed by atoms with van der Waals surface area (Å²) in [6.45, 7) is 1.90. The zero-order chi connectivity index (χ0) is 8.97. The molecule has 1 aromatic rings. The number of carbonyl (C=O) groups excluding carboxylic acids is 1. The van der Waals surface area contributed by atoms with Crippen LogP contribution < -0.4 is 0 Å². The third-order valence-electron chi connectivity index (χ3n) is 1.49. The average molecular weight is 169 g/mol. The molecule has 12 heavy (non-hydrogen) atoms. The zero-order valence-electron chi connectivity index (χ0n) is 6.83. The molecule has 0 saturated carbocycles. The number of nitrogens with one attached hydrogen (secondary N) is 1. The smallest absolute Gasteiger partial charge is 0.340 e. The van der Waals surface area contributed by atoms with E-state index in [-0.39, 0.29) is 6.61 Å². The molecule has 0 fully saturated rings. The number of aromatic amines is 1. The monoisotopic (exact) mass is 169 g/mol. The lowest BCUT2D eigenvalue weighted by Gasteiger charge is -2.00. The van der Waals surface area contributed by atoms with E-state index < -0.39 is 5.97 Å². The van der Waals surface area contributed by atoms with Gasteiger partial charge in [0.2, 0.25) is 0 Å². The van der Waals surface area contributed by atoms with E-state index in [1.165, 1.54) is 0 Å². The Bertz CT molecular complexity index is 267. The normalized spacial score (nSPS) is 9.83. The minimum absolute atomic E-state index is 0.179. The van der Waals surface area contributed by atoms with Gasteiger partial charge in [0, 0.05) is 6.20 Å². The van der Waals surface area contributed by atoms with Crippen molar-refractivity contribution in [3.8, 4) is 0 Å². The Labute approximate surface area is 70.2 Å². The van der Waals surface area contributed by atoms with Crippen molar-refractivity contribution in [2.24, 2.45) is 0 Å². The molecule has 0 spiro atoms. The van der Waals surface area contributed by atoms with E-state index >= 15 is 0 Å². The first-order valence-electron chi connectivity index (χ1n) is 3.73. The van der Waals surface area contributed by atoms with E-state index in [9.17, 15) is 4.79 Å². The molecule has 0 radical (unpaired) electrons. The third-order valence-corrected chi connectivity index (χ3v) is 1.49. The third kappa shape index (κ3) is 1.65. The quantitative estimate of drug-likeness (QED) is 0.654. The number of H-pyrrole nitrogens is 1. The largest absolute Gasteiger partial charge is 0.462 e. The van der Waals surface area contributed by atoms with Gasteiger partial charge in [0.1, 0.15) is 0 Å². The number of ether oxygens (including phenoxy) is 1. The lowest BCUT2D eigenvalue weighted by atomic mass is 10.2. The molecule has 4 nitrogen and oxygen atoms in total. The maximum Gasteiger partial charge on any atom is 0.340 e. The molecule has 0 aliphatic rings. The number of hydrogen-bond donors (Lipinski definition) is 2. The van der Waals surface area contributed by atoms with Crippen molar-refractivity contribution >= 4 is 5.97 Å². The zero-order valence-corrected chi connectivity index (χ0v) is 6.83. The number of aromatic nitrogens is 1. The van der Waals surface area contributed by atoms with Crippen molar-refractivity contribution < 1.29 is 14.6 Å². The van der Waals surface area contributed by atoms with Gasteiger partial charge in [0.05, 0.1) is 24.5 Å². The van der Waals surface area contributed by atoms with Crippen LogP contribution in [0, 0.1) is 0 Å². The molecule has 1 aromatic heterocycles. The summed E-state index contributed by atoms with van der Waals surface area (Å²) in [7, 11) is 0. The van der Waals surface area contributed by atoms with Crippen LogP contribution in [0.3, 0.4) is 0 Å². The fourth-order valence-corrected chi connectivity index (χ4v) is 0.935. The summed E-state index contributed by atoms with van der Waals surface area (Å²) >= 11 is 0. The summed E-state index contributed by atoms with van der Waals surface area (Å²) in [6, 6.07) is 1.59. The van der Waals surface area contributed by atoms with Gasteiger partial charge in [-0.2, -0.15) is 0 Å². The topological polar surface area (TPSA) is 62.3 Å². The minimum atomic E-state index is -0.400. The van der Waals surface area contributed by atoms with E-state index in [4.69, 9.17) is 9.84 Å². The summed E-state index contributed by atoms with van der Waals surface area (Å²) in [4.78, 5) is 13.9. The molecule has 0 atom stereocenters. The Kier molecular flexibility index (Phi) is 2.88. The van der Waals surface area contributed by atoms with E-state index in [1.54, 1.807) is 19.2 Å². The Morgan fingerprint density at radius 1 is 1.75 bits per heavy atom. The molecule has 4 heteroatoms. The van der Waals surface area contributed by atoms with Crippen molar-refractivity contribution in [1.29, 1.82) is 0 Å². The van der Waals surface area contributed by atoms with Gasteiger partial charge in [-0.25, -0.2) is 4.79 Å². The molecule has 0 aromatic carbocycles. The maximum atomic E-state index is 11.1. The molecule has 0 saturated heterocycles. The number of esters is 1. The Morgan fingerprint density at radius 2 is 2.50 bits per heavy atom. The molecule has 1 heterocycles. The molecule has 0 amide bonds. The fourth-order valence-electron chi connectivity index (χ4n) is 0.935. The molecular formula is C8H11NO3. The molecule has 0 unspecified atom stereocenters. The number of hydrogen-bond acceptors (Lipinski definition) is 3. The van der Waals surface area contributed by atoms with E-state index in [2.05, 4.69) is 4.98 Å². The van der Waals surface area contributed by atoms with E-state index in [1.807, 2.05) is 0 Å². The average Bonchev–Trinajstić information content (AvgIpc) is 2.51. The lowest BCUT2D eigenvalue weighted by Crippen LogP contribution is -2.06. The van der Waals surface area contributed by atoms with Gasteiger partial charge in [-0.3, -0.25) is 0 Å². The Hall–Kier alpha value is -1.29. The van der Waals surface area contributed by atoms with Crippen LogP contribution in [0.4, 0.5) is 0 Å². The van der Waals surface area contributed by atoms with Crippen LogP contribution in [0.5, 0.6) is 0 Å². The second-order valence-corrected chi connectivity index (χ2v) is 2.25. The first kappa shape index (κ1) is 8.80. The first-order chi connectivity index (χ1) is 5.79. The Balaban J connectivity index is 2.79. The van der Waals surface area contributed by atoms with E-state index in [0.717, 1.165) is 0 Å². The van der Waals surface area contributed by atoms with Crippen LogP contribution in [0.25, 0.3) is 0 Å². The maximum absolute atomic E-state index is 11.1. The van der Waals surface area contributed by atoms with Crippen molar-refractivity contribution in [3.63, 3.8) is 0 Å². The molecule has 66 valence electrons. The number of carbonyl (C=O) groups is 1. The fraction of sp³-hybridized carbons (Fsp3) is 0.375. The van der Waals surface area contributed by atoms with Gasteiger partial charge in [0.15, 0.2) is 0 Å². The van der Waals surface area contributed by atoms with Gasteiger partial charge >= 0.3 is 5.97 Å². The van der Waals surface area contributed by atoms with Crippen molar-refractivity contribution in [1.82, 2.24) is 4.98 Å². The van der Waals surface area contributed by atoms with Gasteiger partial charge in [-0.1, -0.05) is 0 Å². The Morgan fingerprint density at radius 3 is 3.08 bits per heavy atom.